The van der Waals surface area contributed by atoms with E-state index in [1.807, 2.05) is 0 Å². The maximum atomic E-state index is 12.0. The van der Waals surface area contributed by atoms with E-state index in [0.29, 0.717) is 10.8 Å². The Hall–Kier alpha value is -2.62. The summed E-state index contributed by atoms with van der Waals surface area (Å²) >= 11 is 16.8. The molecule has 0 saturated carbocycles. The lowest BCUT2D eigenvalue weighted by molar-refractivity contribution is -0.384. The Balaban J connectivity index is 1.96. The van der Waals surface area contributed by atoms with Crippen LogP contribution in [0.3, 0.4) is 0 Å². The van der Waals surface area contributed by atoms with Crippen molar-refractivity contribution in [1.29, 1.82) is 0 Å². The van der Waals surface area contributed by atoms with E-state index < -0.39 is 10.8 Å². The lowest BCUT2D eigenvalue weighted by Crippen LogP contribution is -2.37. The van der Waals surface area contributed by atoms with E-state index in [0.717, 1.165) is 0 Å². The molecule has 0 spiro atoms. The van der Waals surface area contributed by atoms with Gasteiger partial charge in [0.15, 0.2) is 11.7 Å². The average molecular weight is 430 g/mol. The van der Waals surface area contributed by atoms with Gasteiger partial charge in [-0.25, -0.2) is 0 Å². The van der Waals surface area contributed by atoms with Crippen LogP contribution in [0.4, 0.5) is 11.4 Å². The topological polar surface area (TPSA) is 103 Å². The summed E-state index contributed by atoms with van der Waals surface area (Å²) in [5.74, 6) is 0.0553. The zero-order valence-corrected chi connectivity index (χ0v) is 16.2. The number of carbonyl (C=O) groups excluding carboxylic acids is 1. The fourth-order valence-corrected chi connectivity index (χ4v) is 2.65. The number of nitro groups is 1. The number of nitrogens with zero attached hydrogens (tertiary/aromatic N) is 1. The van der Waals surface area contributed by atoms with Crippen molar-refractivity contribution in [2.24, 2.45) is 0 Å². The van der Waals surface area contributed by atoms with Crippen molar-refractivity contribution < 1.29 is 19.2 Å². The number of nitro benzene ring substituents is 1. The molecule has 0 atom stereocenters. The lowest BCUT2D eigenvalue weighted by Gasteiger charge is -2.13. The molecule has 8 nitrogen and oxygen atoms in total. The molecule has 0 aliphatic heterocycles. The van der Waals surface area contributed by atoms with Gasteiger partial charge in [0, 0.05) is 17.2 Å². The molecule has 0 fully saturated rings. The number of hydrogen-bond acceptors (Lipinski definition) is 6. The minimum absolute atomic E-state index is 0.0791. The molecule has 0 saturated heterocycles. The first kappa shape index (κ1) is 20.7. The number of methoxy groups -OCH3 is 1. The largest absolute Gasteiger partial charge is 0.495 e. The molecule has 0 aromatic heterocycles. The third kappa shape index (κ3) is 5.95. The van der Waals surface area contributed by atoms with Crippen LogP contribution in [-0.2, 0) is 4.79 Å². The van der Waals surface area contributed by atoms with Gasteiger partial charge in [-0.1, -0.05) is 23.2 Å². The number of ether oxygens (including phenoxy) is 2. The Morgan fingerprint density at radius 2 is 1.93 bits per heavy atom. The molecule has 2 aromatic rings. The number of halogens is 2. The molecule has 0 radical (unpaired) electrons. The maximum absolute atomic E-state index is 12.0. The Kier molecular flexibility index (Phi) is 7.17. The van der Waals surface area contributed by atoms with Crippen LogP contribution in [0.15, 0.2) is 36.4 Å². The number of amides is 1. The third-order valence-electron chi connectivity index (χ3n) is 3.15. The highest BCUT2D eigenvalue weighted by Crippen LogP contribution is 2.29. The van der Waals surface area contributed by atoms with E-state index >= 15 is 0 Å². The van der Waals surface area contributed by atoms with Crippen molar-refractivity contribution in [3.05, 3.63) is 56.6 Å². The Morgan fingerprint density at radius 1 is 1.22 bits per heavy atom. The van der Waals surface area contributed by atoms with Gasteiger partial charge < -0.3 is 14.8 Å². The molecule has 0 bridgehead atoms. The molecular weight excluding hydrogens is 417 g/mol. The van der Waals surface area contributed by atoms with Crippen LogP contribution in [0.5, 0.6) is 11.5 Å². The van der Waals surface area contributed by atoms with E-state index in [1.54, 1.807) is 6.07 Å². The van der Waals surface area contributed by atoms with Crippen molar-refractivity contribution in [2.75, 3.05) is 19.0 Å². The molecule has 142 valence electrons. The number of hydrogen-bond donors (Lipinski definition) is 2. The van der Waals surface area contributed by atoms with Crippen LogP contribution in [0.2, 0.25) is 10.0 Å². The van der Waals surface area contributed by atoms with Crippen LogP contribution >= 0.6 is 35.4 Å². The summed E-state index contributed by atoms with van der Waals surface area (Å²) in [6, 6.07) is 8.52. The number of thiocarbonyl (C=S) groups is 1. The van der Waals surface area contributed by atoms with Gasteiger partial charge in [-0.2, -0.15) is 0 Å². The minimum atomic E-state index is -0.560. The molecule has 2 aromatic carbocycles. The third-order valence-corrected chi connectivity index (χ3v) is 3.88. The normalized spacial score (nSPS) is 10.0. The van der Waals surface area contributed by atoms with Crippen molar-refractivity contribution in [1.82, 2.24) is 5.32 Å². The highest BCUT2D eigenvalue weighted by molar-refractivity contribution is 7.80. The summed E-state index contributed by atoms with van der Waals surface area (Å²) in [5.41, 5.74) is 0.0757. The molecule has 2 rings (SSSR count). The fourth-order valence-electron chi connectivity index (χ4n) is 1.96. The van der Waals surface area contributed by atoms with E-state index in [9.17, 15) is 14.9 Å². The molecule has 0 heterocycles. The van der Waals surface area contributed by atoms with Gasteiger partial charge in [-0.15, -0.1) is 0 Å². The van der Waals surface area contributed by atoms with Crippen LogP contribution in [0.1, 0.15) is 0 Å². The van der Waals surface area contributed by atoms with Crippen LogP contribution in [0, 0.1) is 10.1 Å². The van der Waals surface area contributed by atoms with Crippen molar-refractivity contribution in [3.63, 3.8) is 0 Å². The quantitative estimate of drug-likeness (QED) is 0.408. The summed E-state index contributed by atoms with van der Waals surface area (Å²) in [7, 11) is 1.40. The zero-order valence-electron chi connectivity index (χ0n) is 13.8. The molecule has 2 N–H and O–H groups in total. The molecule has 1 amide bonds. The second-order valence-corrected chi connectivity index (χ2v) is 6.26. The predicted octanol–water partition coefficient (Wildman–Crippen LogP) is 3.80. The van der Waals surface area contributed by atoms with Crippen molar-refractivity contribution in [2.45, 2.75) is 0 Å². The van der Waals surface area contributed by atoms with E-state index in [4.69, 9.17) is 44.9 Å². The van der Waals surface area contributed by atoms with Gasteiger partial charge in [-0.05, 0) is 36.5 Å². The summed E-state index contributed by atoms with van der Waals surface area (Å²) in [5, 5.41) is 16.6. The number of carbonyl (C=O) groups is 1. The van der Waals surface area contributed by atoms with Gasteiger partial charge >= 0.3 is 0 Å². The van der Waals surface area contributed by atoms with Crippen LogP contribution in [-0.4, -0.2) is 29.7 Å². The van der Waals surface area contributed by atoms with Crippen LogP contribution in [0.25, 0.3) is 0 Å². The van der Waals surface area contributed by atoms with Crippen molar-refractivity contribution in [3.8, 4) is 11.5 Å². The molecular formula is C16H13Cl2N3O5S. The highest BCUT2D eigenvalue weighted by Gasteiger charge is 2.14. The number of nitrogens with one attached hydrogen (secondary N) is 2. The van der Waals surface area contributed by atoms with E-state index in [2.05, 4.69) is 10.6 Å². The Morgan fingerprint density at radius 3 is 2.56 bits per heavy atom. The highest BCUT2D eigenvalue weighted by atomic mass is 35.5. The molecule has 0 aliphatic carbocycles. The lowest BCUT2D eigenvalue weighted by atomic mass is 10.2. The summed E-state index contributed by atoms with van der Waals surface area (Å²) in [6.07, 6.45) is 0. The van der Waals surface area contributed by atoms with E-state index in [-0.39, 0.29) is 33.9 Å². The monoisotopic (exact) mass is 429 g/mol. The van der Waals surface area contributed by atoms with Crippen molar-refractivity contribution >= 4 is 57.8 Å². The average Bonchev–Trinajstić information content (AvgIpc) is 2.60. The molecule has 11 heteroatoms. The zero-order chi connectivity index (χ0) is 20.0. The first-order valence-corrected chi connectivity index (χ1v) is 8.47. The first-order chi connectivity index (χ1) is 12.8. The summed E-state index contributed by atoms with van der Waals surface area (Å²) in [6.45, 7) is -0.352. The van der Waals surface area contributed by atoms with Gasteiger partial charge in [0.1, 0.15) is 11.5 Å². The minimum Gasteiger partial charge on any atom is -0.495 e. The summed E-state index contributed by atoms with van der Waals surface area (Å²) in [4.78, 5) is 22.3. The SMILES string of the molecule is COc1ccc([N+](=O)[O-])cc1NC(=S)NC(=O)COc1ccc(Cl)cc1Cl. The second kappa shape index (κ2) is 9.36. The number of anilines is 1. The molecule has 0 aliphatic rings. The molecule has 0 unspecified atom stereocenters. The van der Waals surface area contributed by atoms with Gasteiger partial charge in [-0.3, -0.25) is 20.2 Å². The Bertz CT molecular complexity index is 894. The maximum Gasteiger partial charge on any atom is 0.271 e. The molecule has 27 heavy (non-hydrogen) atoms. The number of rotatable bonds is 6. The van der Waals surface area contributed by atoms with E-state index in [1.165, 1.54) is 37.4 Å². The van der Waals surface area contributed by atoms with Crippen LogP contribution < -0.4 is 20.1 Å². The number of non-ortho nitro benzene ring substituents is 1. The van der Waals surface area contributed by atoms with Gasteiger partial charge in [0.25, 0.3) is 11.6 Å². The van der Waals surface area contributed by atoms with Gasteiger partial charge in [0.05, 0.1) is 22.7 Å². The summed E-state index contributed by atoms with van der Waals surface area (Å²) < 4.78 is 10.4. The fraction of sp³-hybridized carbons (Fsp3) is 0.125. The van der Waals surface area contributed by atoms with Gasteiger partial charge in [0.2, 0.25) is 0 Å². The Labute approximate surface area is 169 Å². The first-order valence-electron chi connectivity index (χ1n) is 7.31. The predicted molar refractivity (Wildman–Crippen MR) is 106 cm³/mol. The smallest absolute Gasteiger partial charge is 0.271 e. The number of benzene rings is 2. The standard InChI is InChI=1S/C16H13Cl2N3O5S/c1-25-14-5-3-10(21(23)24)7-12(14)19-16(27)20-15(22)8-26-13-4-2-9(17)6-11(13)18/h2-7H,8H2,1H3,(H2,19,20,22,27). The second-order valence-electron chi connectivity index (χ2n) is 5.01.